The van der Waals surface area contributed by atoms with Crippen molar-refractivity contribution in [3.8, 4) is 0 Å². The van der Waals surface area contributed by atoms with Crippen LogP contribution >= 0.6 is 12.2 Å². The van der Waals surface area contributed by atoms with E-state index in [1.165, 1.54) is 0 Å². The van der Waals surface area contributed by atoms with E-state index in [9.17, 15) is 4.79 Å². The van der Waals surface area contributed by atoms with Gasteiger partial charge in [0, 0.05) is 18.0 Å². The summed E-state index contributed by atoms with van der Waals surface area (Å²) in [7, 11) is 3.47. The number of carbonyl (C=O) groups is 1. The number of rotatable bonds is 4. The molecule has 0 atom stereocenters. The van der Waals surface area contributed by atoms with Crippen LogP contribution in [0.15, 0.2) is 0 Å². The van der Waals surface area contributed by atoms with E-state index in [-0.39, 0.29) is 11.0 Å². The largest absolute Gasteiger partial charge is 0.382 e. The minimum absolute atomic E-state index is 0.173. The Kier molecular flexibility index (Phi) is 3.35. The molecule has 3 aliphatic rings. The Balaban J connectivity index is 2.02. The summed E-state index contributed by atoms with van der Waals surface area (Å²) in [5.74, 6) is 0. The van der Waals surface area contributed by atoms with Gasteiger partial charge in [-0.3, -0.25) is 0 Å². The summed E-state index contributed by atoms with van der Waals surface area (Å²) >= 11 is 5.44. The highest BCUT2D eigenvalue weighted by Gasteiger charge is 2.49. The molecule has 3 nitrogen and oxygen atoms in total. The van der Waals surface area contributed by atoms with Crippen molar-refractivity contribution in [1.29, 1.82) is 0 Å². The fraction of sp³-hybridized carbons (Fsp3) is 0.818. The zero-order valence-corrected chi connectivity index (χ0v) is 10.5. The average molecular weight is 237 g/mol. The molecule has 0 aromatic rings. The van der Waals surface area contributed by atoms with Crippen LogP contribution < -0.4 is 10.5 Å². The van der Waals surface area contributed by atoms with E-state index in [0.717, 1.165) is 49.7 Å². The SMILES string of the molecule is CNC(=S)C12CCC(N[B]C=O)(CC1)CC2. The van der Waals surface area contributed by atoms with Crippen LogP contribution in [0.5, 0.6) is 0 Å². The zero-order chi connectivity index (χ0) is 11.6. The Labute approximate surface area is 103 Å². The minimum Gasteiger partial charge on any atom is -0.382 e. The minimum atomic E-state index is 0.173. The third-order valence-electron chi connectivity index (χ3n) is 4.41. The van der Waals surface area contributed by atoms with Crippen molar-refractivity contribution < 1.29 is 4.79 Å². The second-order valence-corrected chi connectivity index (χ2v) is 5.50. The van der Waals surface area contributed by atoms with Crippen LogP contribution in [-0.2, 0) is 4.79 Å². The first kappa shape index (κ1) is 12.1. The van der Waals surface area contributed by atoms with Gasteiger partial charge in [-0.2, -0.15) is 0 Å². The van der Waals surface area contributed by atoms with Crippen LogP contribution in [-0.4, -0.2) is 31.2 Å². The lowest BCUT2D eigenvalue weighted by Crippen LogP contribution is -2.58. The number of carbonyl (C=O) groups excluding carboxylic acids is 1. The smallest absolute Gasteiger partial charge is 0.290 e. The number of fused-ring (bicyclic) bond motifs is 3. The topological polar surface area (TPSA) is 41.1 Å². The maximum atomic E-state index is 10.4. The van der Waals surface area contributed by atoms with Crippen LogP contribution in [0.4, 0.5) is 0 Å². The average Bonchev–Trinajstić information content (AvgIpc) is 2.37. The maximum Gasteiger partial charge on any atom is 0.290 e. The highest BCUT2D eigenvalue weighted by Crippen LogP contribution is 2.52. The number of hydrogen-bond donors (Lipinski definition) is 2. The van der Waals surface area contributed by atoms with Crippen molar-refractivity contribution in [2.24, 2.45) is 5.41 Å². The lowest BCUT2D eigenvalue weighted by molar-refractivity contribution is 0.0871. The van der Waals surface area contributed by atoms with E-state index in [4.69, 9.17) is 12.2 Å². The molecular formula is C11H18BN2OS. The molecule has 2 bridgehead atoms. The molecule has 3 rings (SSSR count). The molecule has 0 saturated heterocycles. The molecule has 1 radical (unpaired) electrons. The monoisotopic (exact) mass is 237 g/mol. The second-order valence-electron chi connectivity index (χ2n) is 5.09. The predicted octanol–water partition coefficient (Wildman–Crippen LogP) is 1.03. The first-order chi connectivity index (χ1) is 7.66. The number of nitrogens with one attached hydrogen (secondary N) is 2. The molecule has 0 unspecified atom stereocenters. The molecule has 0 aromatic heterocycles. The van der Waals surface area contributed by atoms with Crippen LogP contribution in [0.2, 0.25) is 0 Å². The number of thiocarbonyl (C=S) groups is 1. The van der Waals surface area contributed by atoms with Crippen LogP contribution in [0.25, 0.3) is 0 Å². The molecular weight excluding hydrogens is 219 g/mol. The van der Waals surface area contributed by atoms with Crippen molar-refractivity contribution in [3.05, 3.63) is 0 Å². The predicted molar refractivity (Wildman–Crippen MR) is 70.2 cm³/mol. The molecule has 3 saturated carbocycles. The Bertz CT molecular complexity index is 284. The highest BCUT2D eigenvalue weighted by molar-refractivity contribution is 7.80. The fourth-order valence-corrected chi connectivity index (χ4v) is 3.52. The van der Waals surface area contributed by atoms with Gasteiger partial charge in [0.2, 0.25) is 0 Å². The van der Waals surface area contributed by atoms with Crippen molar-refractivity contribution in [3.63, 3.8) is 0 Å². The maximum absolute atomic E-state index is 10.4. The third kappa shape index (κ3) is 1.91. The Hall–Kier alpha value is -0.415. The van der Waals surface area contributed by atoms with Crippen molar-refractivity contribution in [2.45, 2.75) is 44.1 Å². The molecule has 0 spiro atoms. The summed E-state index contributed by atoms with van der Waals surface area (Å²) in [4.78, 5) is 11.4. The van der Waals surface area contributed by atoms with E-state index in [1.807, 2.05) is 7.05 Å². The van der Waals surface area contributed by atoms with Gasteiger partial charge in [-0.15, -0.1) is 0 Å². The van der Waals surface area contributed by atoms with Crippen LogP contribution in [0, 0.1) is 5.41 Å². The molecule has 5 heteroatoms. The van der Waals surface area contributed by atoms with Gasteiger partial charge in [-0.1, -0.05) is 12.2 Å². The summed E-state index contributed by atoms with van der Waals surface area (Å²) in [6.07, 6.45) is 7.64. The third-order valence-corrected chi connectivity index (χ3v) is 5.05. The van der Waals surface area contributed by atoms with Gasteiger partial charge in [0.25, 0.3) is 7.41 Å². The van der Waals surface area contributed by atoms with Crippen LogP contribution in [0.3, 0.4) is 0 Å². The van der Waals surface area contributed by atoms with Crippen LogP contribution in [0.1, 0.15) is 38.5 Å². The summed E-state index contributed by atoms with van der Waals surface area (Å²) in [5, 5.41) is 6.44. The quantitative estimate of drug-likeness (QED) is 0.435. The standard InChI is InChI=1S/C11H18BN2OS/c1-13-9(16)10-2-5-11(6-3-10,7-4-10)14-12-8-15/h8,14H,2-7H2,1H3,(H,13,16). The van der Waals surface area contributed by atoms with E-state index < -0.39 is 0 Å². The van der Waals surface area contributed by atoms with Crippen molar-refractivity contribution in [2.75, 3.05) is 7.05 Å². The lowest BCUT2D eigenvalue weighted by Gasteiger charge is -2.54. The van der Waals surface area contributed by atoms with E-state index in [2.05, 4.69) is 10.5 Å². The highest BCUT2D eigenvalue weighted by atomic mass is 32.1. The summed E-state index contributed by atoms with van der Waals surface area (Å²) in [5.41, 5.74) is 0.417. The molecule has 3 aliphatic carbocycles. The zero-order valence-electron chi connectivity index (χ0n) is 9.71. The molecule has 3 fully saturated rings. The number of hydrogen-bond acceptors (Lipinski definition) is 3. The van der Waals surface area contributed by atoms with Gasteiger partial charge in [0.05, 0.1) is 11.2 Å². The van der Waals surface area contributed by atoms with Crippen molar-refractivity contribution in [1.82, 2.24) is 10.5 Å². The summed E-state index contributed by atoms with van der Waals surface area (Å²) in [6, 6.07) is 0. The molecule has 87 valence electrons. The van der Waals surface area contributed by atoms with Gasteiger partial charge < -0.3 is 15.3 Å². The normalized spacial score (nSPS) is 36.8. The van der Waals surface area contributed by atoms with Gasteiger partial charge in [-0.25, -0.2) is 0 Å². The molecule has 2 N–H and O–H groups in total. The Morgan fingerprint density at radius 3 is 2.25 bits per heavy atom. The van der Waals surface area contributed by atoms with Gasteiger partial charge >= 0.3 is 0 Å². The Morgan fingerprint density at radius 2 is 1.81 bits per heavy atom. The summed E-state index contributed by atoms with van der Waals surface area (Å²) in [6.45, 7) is 0. The van der Waals surface area contributed by atoms with E-state index in [0.29, 0.717) is 0 Å². The van der Waals surface area contributed by atoms with E-state index in [1.54, 1.807) is 7.41 Å². The van der Waals surface area contributed by atoms with Gasteiger partial charge in [0.1, 0.15) is 0 Å². The molecule has 0 amide bonds. The van der Waals surface area contributed by atoms with Crippen molar-refractivity contribution >= 4 is 30.8 Å². The van der Waals surface area contributed by atoms with Gasteiger partial charge in [-0.05, 0) is 38.5 Å². The second kappa shape index (κ2) is 4.45. The first-order valence-corrected chi connectivity index (χ1v) is 6.34. The molecule has 0 heterocycles. The molecule has 0 aliphatic heterocycles. The molecule has 0 aromatic carbocycles. The molecule has 16 heavy (non-hydrogen) atoms. The lowest BCUT2D eigenvalue weighted by atomic mass is 9.56. The van der Waals surface area contributed by atoms with E-state index >= 15 is 0 Å². The summed E-state index contributed by atoms with van der Waals surface area (Å²) < 4.78 is 0. The first-order valence-electron chi connectivity index (χ1n) is 5.93. The van der Waals surface area contributed by atoms with Gasteiger partial charge in [0.15, 0.2) is 0 Å². The fourth-order valence-electron chi connectivity index (χ4n) is 3.22. The Morgan fingerprint density at radius 1 is 1.25 bits per heavy atom.